The summed E-state index contributed by atoms with van der Waals surface area (Å²) in [5.74, 6) is 1.34. The van der Waals surface area contributed by atoms with Gasteiger partial charge in [0.2, 0.25) is 5.91 Å². The summed E-state index contributed by atoms with van der Waals surface area (Å²) in [5.41, 5.74) is 2.62. The fourth-order valence-electron chi connectivity index (χ4n) is 2.84. The number of ether oxygens (including phenoxy) is 1. The van der Waals surface area contributed by atoms with Gasteiger partial charge in [-0.3, -0.25) is 9.20 Å². The number of nitrogens with zero attached hydrogens (tertiary/aromatic N) is 3. The van der Waals surface area contributed by atoms with Crippen LogP contribution in [0.4, 0.5) is 5.69 Å². The number of thioether (sulfide) groups is 1. The largest absolute Gasteiger partial charge is 0.497 e. The molecule has 0 saturated carbocycles. The quantitative estimate of drug-likeness (QED) is 0.514. The Bertz CT molecular complexity index is 1090. The van der Waals surface area contributed by atoms with E-state index in [0.29, 0.717) is 12.2 Å². The number of pyridine rings is 1. The maximum absolute atomic E-state index is 12.2. The van der Waals surface area contributed by atoms with E-state index in [-0.39, 0.29) is 5.91 Å². The Kier molecular flexibility index (Phi) is 4.93. The molecule has 136 valence electrons. The lowest BCUT2D eigenvalue weighted by molar-refractivity contribution is -0.115. The van der Waals surface area contributed by atoms with E-state index in [4.69, 9.17) is 4.74 Å². The van der Waals surface area contributed by atoms with Gasteiger partial charge in [0.1, 0.15) is 5.75 Å². The maximum atomic E-state index is 12.2. The van der Waals surface area contributed by atoms with Gasteiger partial charge in [-0.1, -0.05) is 30.0 Å². The fraction of sp³-hybridized carbons (Fsp3) is 0.150. The Morgan fingerprint density at radius 3 is 2.70 bits per heavy atom. The molecule has 27 heavy (non-hydrogen) atoms. The van der Waals surface area contributed by atoms with Crippen LogP contribution in [0.5, 0.6) is 5.75 Å². The van der Waals surface area contributed by atoms with Crippen LogP contribution in [0.25, 0.3) is 16.6 Å². The highest BCUT2D eigenvalue weighted by atomic mass is 32.2. The zero-order valence-electron chi connectivity index (χ0n) is 14.8. The molecule has 2 aromatic heterocycles. The molecule has 0 aliphatic carbocycles. The van der Waals surface area contributed by atoms with Crippen molar-refractivity contribution in [3.8, 4) is 5.75 Å². The highest BCUT2D eigenvalue weighted by Crippen LogP contribution is 2.23. The predicted molar refractivity (Wildman–Crippen MR) is 107 cm³/mol. The van der Waals surface area contributed by atoms with Gasteiger partial charge in [0.25, 0.3) is 0 Å². The molecule has 4 aromatic rings. The molecule has 1 amide bonds. The molecular weight excluding hydrogens is 360 g/mol. The summed E-state index contributed by atoms with van der Waals surface area (Å²) in [6.45, 7) is 0. The zero-order valence-corrected chi connectivity index (χ0v) is 15.6. The standard InChI is InChI=1S/C20H18N4O2S/c1-26-16-9-7-15(8-10-16)21-19(25)12-13-27-20-23-22-18-11-6-14-4-2-3-5-17(14)24(18)20/h2-11H,12-13H2,1H3,(H,21,25). The third kappa shape index (κ3) is 3.73. The molecule has 0 fully saturated rings. The number of para-hydroxylation sites is 1. The second-order valence-electron chi connectivity index (χ2n) is 5.94. The number of hydrogen-bond donors (Lipinski definition) is 1. The molecule has 0 atom stereocenters. The smallest absolute Gasteiger partial charge is 0.225 e. The molecule has 0 spiro atoms. The summed E-state index contributed by atoms with van der Waals surface area (Å²) < 4.78 is 7.14. The average molecular weight is 378 g/mol. The molecule has 0 saturated heterocycles. The monoisotopic (exact) mass is 378 g/mol. The van der Waals surface area contributed by atoms with Gasteiger partial charge in [-0.2, -0.15) is 0 Å². The fourth-order valence-corrected chi connectivity index (χ4v) is 3.73. The summed E-state index contributed by atoms with van der Waals surface area (Å²) in [6.07, 6.45) is 0.385. The minimum atomic E-state index is -0.0358. The molecule has 0 unspecified atom stereocenters. The van der Waals surface area contributed by atoms with Crippen molar-refractivity contribution >= 4 is 39.9 Å². The summed E-state index contributed by atoms with van der Waals surface area (Å²) in [6, 6.07) is 19.4. The first-order chi connectivity index (χ1) is 13.2. The zero-order chi connectivity index (χ0) is 18.6. The van der Waals surface area contributed by atoms with E-state index in [1.807, 2.05) is 59.0 Å². The van der Waals surface area contributed by atoms with Gasteiger partial charge in [0, 0.05) is 17.9 Å². The van der Waals surface area contributed by atoms with Crippen molar-refractivity contribution in [2.24, 2.45) is 0 Å². The second-order valence-corrected chi connectivity index (χ2v) is 7.01. The molecule has 0 radical (unpaired) electrons. The van der Waals surface area contributed by atoms with Crippen LogP contribution in [0, 0.1) is 0 Å². The number of rotatable bonds is 6. The van der Waals surface area contributed by atoms with Gasteiger partial charge in [0.15, 0.2) is 10.8 Å². The number of nitrogens with one attached hydrogen (secondary N) is 1. The third-order valence-electron chi connectivity index (χ3n) is 4.18. The van der Waals surface area contributed by atoms with Gasteiger partial charge in [-0.25, -0.2) is 0 Å². The summed E-state index contributed by atoms with van der Waals surface area (Å²) in [5, 5.41) is 13.3. The Balaban J connectivity index is 1.41. The van der Waals surface area contributed by atoms with E-state index in [0.717, 1.165) is 33.1 Å². The average Bonchev–Trinajstić information content (AvgIpc) is 3.12. The first-order valence-electron chi connectivity index (χ1n) is 8.54. The molecule has 0 aliphatic rings. The minimum Gasteiger partial charge on any atom is -0.497 e. The minimum absolute atomic E-state index is 0.0358. The molecule has 2 aromatic carbocycles. The van der Waals surface area contributed by atoms with Crippen LogP contribution in [0.1, 0.15) is 6.42 Å². The number of hydrogen-bond acceptors (Lipinski definition) is 5. The normalized spacial score (nSPS) is 11.0. The number of amides is 1. The molecule has 0 aliphatic heterocycles. The number of benzene rings is 2. The number of carbonyl (C=O) groups is 1. The van der Waals surface area contributed by atoms with Crippen LogP contribution in [0.2, 0.25) is 0 Å². The van der Waals surface area contributed by atoms with Crippen molar-refractivity contribution in [2.75, 3.05) is 18.2 Å². The Labute approximate surface area is 160 Å². The van der Waals surface area contributed by atoms with E-state index >= 15 is 0 Å². The number of fused-ring (bicyclic) bond motifs is 3. The number of methoxy groups -OCH3 is 1. The molecule has 1 N–H and O–H groups in total. The molecule has 6 nitrogen and oxygen atoms in total. The van der Waals surface area contributed by atoms with Crippen LogP contribution in [0.3, 0.4) is 0 Å². The Morgan fingerprint density at radius 1 is 1.07 bits per heavy atom. The number of carbonyl (C=O) groups excluding carboxylic acids is 1. The van der Waals surface area contributed by atoms with Crippen molar-refractivity contribution < 1.29 is 9.53 Å². The topological polar surface area (TPSA) is 68.5 Å². The van der Waals surface area contributed by atoms with Gasteiger partial charge in [-0.05, 0) is 47.9 Å². The van der Waals surface area contributed by atoms with Gasteiger partial charge in [0.05, 0.1) is 12.6 Å². The molecule has 4 rings (SSSR count). The van der Waals surface area contributed by atoms with E-state index in [1.165, 1.54) is 11.8 Å². The summed E-state index contributed by atoms with van der Waals surface area (Å²) >= 11 is 1.52. The Morgan fingerprint density at radius 2 is 1.89 bits per heavy atom. The first kappa shape index (κ1) is 17.4. The van der Waals surface area contributed by atoms with Gasteiger partial charge in [-0.15, -0.1) is 10.2 Å². The van der Waals surface area contributed by atoms with Crippen LogP contribution in [-0.4, -0.2) is 33.4 Å². The van der Waals surface area contributed by atoms with E-state index in [9.17, 15) is 4.79 Å². The molecule has 2 heterocycles. The van der Waals surface area contributed by atoms with Crippen molar-refractivity contribution in [3.63, 3.8) is 0 Å². The number of aromatic nitrogens is 3. The number of anilines is 1. The van der Waals surface area contributed by atoms with E-state index in [2.05, 4.69) is 21.6 Å². The van der Waals surface area contributed by atoms with Gasteiger partial charge < -0.3 is 10.1 Å². The highest BCUT2D eigenvalue weighted by Gasteiger charge is 2.10. The summed E-state index contributed by atoms with van der Waals surface area (Å²) in [4.78, 5) is 12.2. The van der Waals surface area contributed by atoms with E-state index in [1.54, 1.807) is 7.11 Å². The summed E-state index contributed by atoms with van der Waals surface area (Å²) in [7, 11) is 1.61. The molecular formula is C20H18N4O2S. The lowest BCUT2D eigenvalue weighted by Gasteiger charge is -2.06. The first-order valence-corrected chi connectivity index (χ1v) is 9.53. The van der Waals surface area contributed by atoms with Crippen LogP contribution in [-0.2, 0) is 4.79 Å². The van der Waals surface area contributed by atoms with Crippen molar-refractivity contribution in [1.82, 2.24) is 14.6 Å². The van der Waals surface area contributed by atoms with Crippen molar-refractivity contribution in [2.45, 2.75) is 11.6 Å². The Hall–Kier alpha value is -3.06. The lowest BCUT2D eigenvalue weighted by atomic mass is 10.2. The van der Waals surface area contributed by atoms with Crippen molar-refractivity contribution in [1.29, 1.82) is 0 Å². The van der Waals surface area contributed by atoms with Crippen LogP contribution < -0.4 is 10.1 Å². The third-order valence-corrected chi connectivity index (χ3v) is 5.11. The molecule has 0 bridgehead atoms. The second kappa shape index (κ2) is 7.67. The lowest BCUT2D eigenvalue weighted by Crippen LogP contribution is -2.12. The van der Waals surface area contributed by atoms with Crippen LogP contribution in [0.15, 0.2) is 65.8 Å². The molecule has 7 heteroatoms. The van der Waals surface area contributed by atoms with Crippen LogP contribution >= 0.6 is 11.8 Å². The maximum Gasteiger partial charge on any atom is 0.225 e. The highest BCUT2D eigenvalue weighted by molar-refractivity contribution is 7.99. The van der Waals surface area contributed by atoms with E-state index < -0.39 is 0 Å². The SMILES string of the molecule is COc1ccc(NC(=O)CCSc2nnc3ccc4ccccc4n23)cc1. The predicted octanol–water partition coefficient (Wildman–Crippen LogP) is 4.01. The van der Waals surface area contributed by atoms with Gasteiger partial charge >= 0.3 is 0 Å². The van der Waals surface area contributed by atoms with Crippen molar-refractivity contribution in [3.05, 3.63) is 60.7 Å².